The van der Waals surface area contributed by atoms with Gasteiger partial charge < -0.3 is 15.7 Å². The van der Waals surface area contributed by atoms with Gasteiger partial charge in [0.2, 0.25) is 11.8 Å². The second-order valence-corrected chi connectivity index (χ2v) is 8.01. The summed E-state index contributed by atoms with van der Waals surface area (Å²) in [4.78, 5) is 35.2. The number of unbranched alkanes of at least 4 members (excludes halogenated alkanes) is 12. The predicted octanol–water partition coefficient (Wildman–Crippen LogP) is 4.95. The number of nitrogens with one attached hydrogen (secondary N) is 2. The lowest BCUT2D eigenvalue weighted by molar-refractivity contribution is -0.141. The summed E-state index contributed by atoms with van der Waals surface area (Å²) >= 11 is 0. The highest BCUT2D eigenvalue weighted by Crippen LogP contribution is 2.09. The molecule has 0 aromatic rings. The number of carbonyl (C=O) groups is 3. The van der Waals surface area contributed by atoms with E-state index in [0.29, 0.717) is 12.8 Å². The first-order valence-electron chi connectivity index (χ1n) is 11.8. The van der Waals surface area contributed by atoms with Gasteiger partial charge in [-0.05, 0) is 12.8 Å². The lowest BCUT2D eigenvalue weighted by Gasteiger charge is -2.15. The van der Waals surface area contributed by atoms with Crippen LogP contribution in [0.25, 0.3) is 0 Å². The molecule has 170 valence electrons. The average molecular weight is 413 g/mol. The molecule has 29 heavy (non-hydrogen) atoms. The topological polar surface area (TPSA) is 95.5 Å². The minimum absolute atomic E-state index is 0.0621. The molecule has 0 heterocycles. The standard InChI is InChI=1S/C23H44N2O4/c1-3-5-7-9-11-13-15-17-21(26)24-19-20(23(28)29)25-22(27)18-16-14-12-10-8-6-4-2/h20H,3-19H2,1-2H3,(H,24,26)(H,25,27)(H,28,29). The van der Waals surface area contributed by atoms with Crippen molar-refractivity contribution in [2.24, 2.45) is 0 Å². The molecule has 2 amide bonds. The monoisotopic (exact) mass is 412 g/mol. The normalized spacial score (nSPS) is 11.8. The first-order valence-corrected chi connectivity index (χ1v) is 11.8. The number of hydrogen-bond acceptors (Lipinski definition) is 3. The maximum Gasteiger partial charge on any atom is 0.328 e. The summed E-state index contributed by atoms with van der Waals surface area (Å²) in [6.07, 6.45) is 16.5. The summed E-state index contributed by atoms with van der Waals surface area (Å²) in [7, 11) is 0. The Bertz CT molecular complexity index is 441. The minimum Gasteiger partial charge on any atom is -0.480 e. The van der Waals surface area contributed by atoms with Crippen LogP contribution in [0.4, 0.5) is 0 Å². The average Bonchev–Trinajstić information content (AvgIpc) is 2.69. The van der Waals surface area contributed by atoms with Gasteiger partial charge in [0.25, 0.3) is 0 Å². The molecule has 0 aliphatic heterocycles. The SMILES string of the molecule is CCCCCCCCCC(=O)NCC(NC(=O)CCCCCCCCC)C(=O)O. The van der Waals surface area contributed by atoms with E-state index in [0.717, 1.165) is 38.5 Å². The molecule has 1 atom stereocenters. The summed E-state index contributed by atoms with van der Waals surface area (Å²) in [6, 6.07) is -1.06. The van der Waals surface area contributed by atoms with Crippen molar-refractivity contribution in [3.05, 3.63) is 0 Å². The van der Waals surface area contributed by atoms with E-state index in [1.54, 1.807) is 0 Å². The Morgan fingerprint density at radius 1 is 0.655 bits per heavy atom. The number of carbonyl (C=O) groups excluding carboxylic acids is 2. The molecule has 0 saturated carbocycles. The molecule has 0 saturated heterocycles. The van der Waals surface area contributed by atoms with Gasteiger partial charge in [-0.25, -0.2) is 4.79 Å². The number of carboxylic acids is 1. The molecule has 0 aliphatic carbocycles. The van der Waals surface area contributed by atoms with E-state index in [1.807, 2.05) is 0 Å². The fourth-order valence-corrected chi connectivity index (χ4v) is 3.26. The smallest absolute Gasteiger partial charge is 0.328 e. The molecule has 0 spiro atoms. The molecule has 0 aromatic carbocycles. The van der Waals surface area contributed by atoms with Crippen molar-refractivity contribution < 1.29 is 19.5 Å². The lowest BCUT2D eigenvalue weighted by Crippen LogP contribution is -2.48. The first kappa shape index (κ1) is 27.4. The minimum atomic E-state index is -1.12. The highest BCUT2D eigenvalue weighted by atomic mass is 16.4. The van der Waals surface area contributed by atoms with Gasteiger partial charge in [-0.15, -0.1) is 0 Å². The van der Waals surface area contributed by atoms with Crippen molar-refractivity contribution >= 4 is 17.8 Å². The van der Waals surface area contributed by atoms with Gasteiger partial charge in [0, 0.05) is 19.4 Å². The molecule has 0 radical (unpaired) electrons. The van der Waals surface area contributed by atoms with E-state index in [9.17, 15) is 19.5 Å². The second-order valence-electron chi connectivity index (χ2n) is 8.01. The third-order valence-corrected chi connectivity index (χ3v) is 5.15. The summed E-state index contributed by atoms with van der Waals surface area (Å²) in [6.45, 7) is 4.31. The van der Waals surface area contributed by atoms with Crippen molar-refractivity contribution in [3.63, 3.8) is 0 Å². The zero-order chi connectivity index (χ0) is 21.7. The Morgan fingerprint density at radius 2 is 1.07 bits per heavy atom. The molecular formula is C23H44N2O4. The fraction of sp³-hybridized carbons (Fsp3) is 0.870. The van der Waals surface area contributed by atoms with Crippen LogP contribution in [0, 0.1) is 0 Å². The number of amides is 2. The zero-order valence-corrected chi connectivity index (χ0v) is 18.8. The van der Waals surface area contributed by atoms with Gasteiger partial charge in [-0.1, -0.05) is 90.9 Å². The van der Waals surface area contributed by atoms with Gasteiger partial charge in [0.05, 0.1) is 0 Å². The van der Waals surface area contributed by atoms with Crippen LogP contribution in [0.1, 0.15) is 117 Å². The molecule has 0 rings (SSSR count). The van der Waals surface area contributed by atoms with Gasteiger partial charge in [0.1, 0.15) is 6.04 Å². The van der Waals surface area contributed by atoms with Crippen LogP contribution in [-0.4, -0.2) is 35.5 Å². The Kier molecular flexibility index (Phi) is 18.6. The molecule has 0 bridgehead atoms. The van der Waals surface area contributed by atoms with E-state index < -0.39 is 12.0 Å². The molecule has 6 nitrogen and oxygen atoms in total. The molecule has 0 fully saturated rings. The van der Waals surface area contributed by atoms with Gasteiger partial charge >= 0.3 is 5.97 Å². The molecule has 6 heteroatoms. The van der Waals surface area contributed by atoms with Crippen LogP contribution in [-0.2, 0) is 14.4 Å². The quantitative estimate of drug-likeness (QED) is 0.246. The largest absolute Gasteiger partial charge is 0.480 e. The van der Waals surface area contributed by atoms with E-state index in [4.69, 9.17) is 0 Å². The molecular weight excluding hydrogens is 368 g/mol. The highest BCUT2D eigenvalue weighted by molar-refractivity contribution is 5.84. The fourth-order valence-electron chi connectivity index (χ4n) is 3.26. The number of rotatable bonds is 20. The maximum atomic E-state index is 12.0. The number of carboxylic acid groups (broad SMARTS) is 1. The summed E-state index contributed by atoms with van der Waals surface area (Å²) in [5.41, 5.74) is 0. The molecule has 0 aromatic heterocycles. The van der Waals surface area contributed by atoms with E-state index >= 15 is 0 Å². The summed E-state index contributed by atoms with van der Waals surface area (Å²) < 4.78 is 0. The van der Waals surface area contributed by atoms with Crippen LogP contribution >= 0.6 is 0 Å². The summed E-state index contributed by atoms with van der Waals surface area (Å²) in [5, 5.41) is 14.4. The van der Waals surface area contributed by atoms with E-state index in [1.165, 1.54) is 51.4 Å². The Labute approximate surface area is 177 Å². The first-order chi connectivity index (χ1) is 14.0. The number of aliphatic carboxylic acids is 1. The summed E-state index contributed by atoms with van der Waals surface area (Å²) in [5.74, 6) is -1.52. The van der Waals surface area contributed by atoms with Crippen LogP contribution in [0.2, 0.25) is 0 Å². The maximum absolute atomic E-state index is 12.0. The lowest BCUT2D eigenvalue weighted by atomic mass is 10.1. The van der Waals surface area contributed by atoms with Gasteiger partial charge in [0.15, 0.2) is 0 Å². The van der Waals surface area contributed by atoms with E-state index in [2.05, 4.69) is 24.5 Å². The zero-order valence-electron chi connectivity index (χ0n) is 18.8. The molecule has 3 N–H and O–H groups in total. The Balaban J connectivity index is 3.85. The molecule has 0 aliphatic rings. The van der Waals surface area contributed by atoms with Crippen LogP contribution in [0.15, 0.2) is 0 Å². The predicted molar refractivity (Wildman–Crippen MR) is 118 cm³/mol. The van der Waals surface area contributed by atoms with E-state index in [-0.39, 0.29) is 18.4 Å². The third-order valence-electron chi connectivity index (χ3n) is 5.15. The molecule has 1 unspecified atom stereocenters. The Hall–Kier alpha value is -1.59. The van der Waals surface area contributed by atoms with Crippen molar-refractivity contribution in [2.45, 2.75) is 123 Å². The van der Waals surface area contributed by atoms with Crippen LogP contribution in [0.3, 0.4) is 0 Å². The Morgan fingerprint density at radius 3 is 1.52 bits per heavy atom. The van der Waals surface area contributed by atoms with Crippen molar-refractivity contribution in [3.8, 4) is 0 Å². The number of hydrogen-bond donors (Lipinski definition) is 3. The van der Waals surface area contributed by atoms with Crippen molar-refractivity contribution in [1.82, 2.24) is 10.6 Å². The second kappa shape index (κ2) is 19.7. The van der Waals surface area contributed by atoms with Gasteiger partial charge in [-0.3, -0.25) is 9.59 Å². The van der Waals surface area contributed by atoms with Crippen molar-refractivity contribution in [1.29, 1.82) is 0 Å². The van der Waals surface area contributed by atoms with Gasteiger partial charge in [-0.2, -0.15) is 0 Å². The van der Waals surface area contributed by atoms with Crippen LogP contribution < -0.4 is 10.6 Å². The van der Waals surface area contributed by atoms with Crippen LogP contribution in [0.5, 0.6) is 0 Å². The van der Waals surface area contributed by atoms with Crippen molar-refractivity contribution in [2.75, 3.05) is 6.54 Å². The highest BCUT2D eigenvalue weighted by Gasteiger charge is 2.20. The third kappa shape index (κ3) is 18.2.